The quantitative estimate of drug-likeness (QED) is 0.230. The summed E-state index contributed by atoms with van der Waals surface area (Å²) in [6, 6.07) is 9.85. The number of methoxy groups -OCH3 is 5. The van der Waals surface area contributed by atoms with Crippen LogP contribution < -0.4 is 28.6 Å². The van der Waals surface area contributed by atoms with Crippen LogP contribution in [0.3, 0.4) is 0 Å². The van der Waals surface area contributed by atoms with Crippen molar-refractivity contribution in [2.45, 2.75) is 6.04 Å². The number of nitrogens with zero attached hydrogens (tertiary/aromatic N) is 1. The van der Waals surface area contributed by atoms with Crippen LogP contribution in [0.5, 0.6) is 28.7 Å². The first-order valence-corrected chi connectivity index (χ1v) is 11.9. The lowest BCUT2D eigenvalue weighted by Gasteiger charge is -2.27. The van der Waals surface area contributed by atoms with E-state index in [-0.39, 0.29) is 50.6 Å². The smallest absolute Gasteiger partial charge is 0.300 e. The van der Waals surface area contributed by atoms with Gasteiger partial charge in [0.25, 0.3) is 11.7 Å². The Bertz CT molecular complexity index is 1460. The molecule has 0 radical (unpaired) electrons. The van der Waals surface area contributed by atoms with Gasteiger partial charge in [0.2, 0.25) is 5.75 Å². The van der Waals surface area contributed by atoms with Gasteiger partial charge in [0, 0.05) is 11.8 Å². The molecule has 1 fully saturated rings. The largest absolute Gasteiger partial charge is 0.507 e. The normalized spacial score (nSPS) is 16.3. The summed E-state index contributed by atoms with van der Waals surface area (Å²) in [6.07, 6.45) is 0. The molecule has 0 spiro atoms. The Morgan fingerprint density at radius 1 is 0.846 bits per heavy atom. The molecule has 0 saturated carbocycles. The Balaban J connectivity index is 2.07. The Morgan fingerprint density at radius 3 is 2.00 bits per heavy atom. The van der Waals surface area contributed by atoms with E-state index in [1.54, 1.807) is 0 Å². The third-order valence-corrected chi connectivity index (χ3v) is 6.56. The van der Waals surface area contributed by atoms with Gasteiger partial charge < -0.3 is 28.8 Å². The molecule has 1 heterocycles. The minimum absolute atomic E-state index is 0.0495. The molecule has 9 nitrogen and oxygen atoms in total. The van der Waals surface area contributed by atoms with E-state index in [9.17, 15) is 19.1 Å². The minimum Gasteiger partial charge on any atom is -0.507 e. The van der Waals surface area contributed by atoms with E-state index in [1.165, 1.54) is 78.0 Å². The SMILES string of the molecule is COc1cc(/C(O)=C2\C(=O)C(=O)N(c3cccc(F)c3)C2c2cc(OC)c(OC)c(OC)c2)c(OC)cc1Cl. The van der Waals surface area contributed by atoms with Crippen LogP contribution in [0.15, 0.2) is 54.1 Å². The molecule has 0 bridgehead atoms. The van der Waals surface area contributed by atoms with Crippen LogP contribution in [0.2, 0.25) is 5.02 Å². The summed E-state index contributed by atoms with van der Waals surface area (Å²) in [4.78, 5) is 28.1. The van der Waals surface area contributed by atoms with Crippen LogP contribution in [0.1, 0.15) is 17.2 Å². The number of Topliss-reactive ketones (excluding diaryl/α,β-unsaturated/α-hetero) is 1. The summed E-state index contributed by atoms with van der Waals surface area (Å²) >= 11 is 6.23. The Hall–Kier alpha value is -4.44. The van der Waals surface area contributed by atoms with Gasteiger partial charge in [0.15, 0.2) is 11.5 Å². The molecule has 3 aromatic rings. The second kappa shape index (κ2) is 11.1. The fourth-order valence-electron chi connectivity index (χ4n) is 4.49. The number of halogens is 2. The van der Waals surface area contributed by atoms with Crippen LogP contribution in [-0.2, 0) is 9.59 Å². The summed E-state index contributed by atoms with van der Waals surface area (Å²) < 4.78 is 41.3. The number of anilines is 1. The maximum absolute atomic E-state index is 14.3. The summed E-state index contributed by atoms with van der Waals surface area (Å²) in [6.45, 7) is 0. The molecule has 39 heavy (non-hydrogen) atoms. The van der Waals surface area contributed by atoms with Crippen molar-refractivity contribution in [2.75, 3.05) is 40.4 Å². The number of amides is 1. The fourth-order valence-corrected chi connectivity index (χ4v) is 4.72. The summed E-state index contributed by atoms with van der Waals surface area (Å²) in [5.74, 6) is -2.10. The molecule has 11 heteroatoms. The molecule has 1 aliphatic rings. The van der Waals surface area contributed by atoms with Crippen molar-refractivity contribution in [3.63, 3.8) is 0 Å². The molecule has 1 amide bonds. The standard InChI is InChI=1S/C28H25ClFNO8/c1-35-19-13-18(29)20(36-2)12-17(19)25(32)23-24(14-9-21(37-3)27(39-5)22(10-14)38-4)31(28(34)26(23)33)16-8-6-7-15(30)11-16/h6-13,24,32H,1-5H3/b25-23+. The Kier molecular flexibility index (Phi) is 7.87. The van der Waals surface area contributed by atoms with Gasteiger partial charge >= 0.3 is 0 Å². The zero-order valence-corrected chi connectivity index (χ0v) is 22.5. The van der Waals surface area contributed by atoms with Gasteiger partial charge in [-0.15, -0.1) is 0 Å². The summed E-state index contributed by atoms with van der Waals surface area (Å²) in [5, 5.41) is 11.8. The van der Waals surface area contributed by atoms with E-state index in [0.717, 1.165) is 11.0 Å². The maximum atomic E-state index is 14.3. The molecular formula is C28H25ClFNO8. The summed E-state index contributed by atoms with van der Waals surface area (Å²) in [7, 11) is 7.00. The minimum atomic E-state index is -1.23. The van der Waals surface area contributed by atoms with Crippen LogP contribution >= 0.6 is 11.6 Å². The second-order valence-corrected chi connectivity index (χ2v) is 8.70. The highest BCUT2D eigenvalue weighted by Crippen LogP contribution is 2.48. The zero-order chi connectivity index (χ0) is 28.4. The highest BCUT2D eigenvalue weighted by atomic mass is 35.5. The van der Waals surface area contributed by atoms with E-state index in [2.05, 4.69) is 0 Å². The van der Waals surface area contributed by atoms with Crippen molar-refractivity contribution in [1.82, 2.24) is 0 Å². The lowest BCUT2D eigenvalue weighted by molar-refractivity contribution is -0.132. The van der Waals surface area contributed by atoms with E-state index in [0.29, 0.717) is 5.56 Å². The maximum Gasteiger partial charge on any atom is 0.300 e. The molecule has 3 aromatic carbocycles. The number of hydrogen-bond acceptors (Lipinski definition) is 8. The molecule has 0 aromatic heterocycles. The number of carbonyl (C=O) groups excluding carboxylic acids is 2. The van der Waals surface area contributed by atoms with Crippen LogP contribution in [0.4, 0.5) is 10.1 Å². The first-order valence-electron chi connectivity index (χ1n) is 11.5. The predicted molar refractivity (Wildman–Crippen MR) is 142 cm³/mol. The van der Waals surface area contributed by atoms with Gasteiger partial charge in [-0.2, -0.15) is 0 Å². The Labute approximate surface area is 228 Å². The fraction of sp³-hybridized carbons (Fsp3) is 0.214. The first-order chi connectivity index (χ1) is 18.7. The van der Waals surface area contributed by atoms with E-state index in [1.807, 2.05) is 0 Å². The molecule has 1 unspecified atom stereocenters. The van der Waals surface area contributed by atoms with Gasteiger partial charge in [0.1, 0.15) is 23.1 Å². The third kappa shape index (κ3) is 4.79. The van der Waals surface area contributed by atoms with Crippen LogP contribution in [-0.4, -0.2) is 52.3 Å². The number of benzene rings is 3. The van der Waals surface area contributed by atoms with Crippen LogP contribution in [0, 0.1) is 5.82 Å². The lowest BCUT2D eigenvalue weighted by atomic mass is 9.94. The monoisotopic (exact) mass is 557 g/mol. The van der Waals surface area contributed by atoms with Crippen molar-refractivity contribution in [3.05, 3.63) is 76.1 Å². The van der Waals surface area contributed by atoms with E-state index in [4.69, 9.17) is 35.3 Å². The highest BCUT2D eigenvalue weighted by molar-refractivity contribution is 6.51. The average Bonchev–Trinajstić information content (AvgIpc) is 3.21. The number of aliphatic hydroxyl groups excluding tert-OH is 1. The van der Waals surface area contributed by atoms with Crippen molar-refractivity contribution < 1.29 is 42.8 Å². The number of ketones is 1. The topological polar surface area (TPSA) is 104 Å². The number of aliphatic hydroxyl groups is 1. The molecule has 1 atom stereocenters. The second-order valence-electron chi connectivity index (χ2n) is 8.29. The number of ether oxygens (including phenoxy) is 5. The molecule has 1 N–H and O–H groups in total. The van der Waals surface area contributed by atoms with Gasteiger partial charge in [-0.05, 0) is 42.0 Å². The highest BCUT2D eigenvalue weighted by Gasteiger charge is 2.48. The van der Waals surface area contributed by atoms with Gasteiger partial charge in [-0.3, -0.25) is 14.5 Å². The van der Waals surface area contributed by atoms with E-state index < -0.39 is 29.3 Å². The first kappa shape index (κ1) is 27.6. The van der Waals surface area contributed by atoms with Crippen LogP contribution in [0.25, 0.3) is 5.76 Å². The van der Waals surface area contributed by atoms with Crippen molar-refractivity contribution in [2.24, 2.45) is 0 Å². The number of carbonyl (C=O) groups is 2. The van der Waals surface area contributed by atoms with Crippen molar-refractivity contribution >= 4 is 34.7 Å². The molecule has 204 valence electrons. The van der Waals surface area contributed by atoms with Gasteiger partial charge in [-0.1, -0.05) is 17.7 Å². The number of hydrogen-bond donors (Lipinski definition) is 1. The zero-order valence-electron chi connectivity index (χ0n) is 21.7. The average molecular weight is 558 g/mol. The molecule has 0 aliphatic carbocycles. The van der Waals surface area contributed by atoms with Gasteiger partial charge in [-0.25, -0.2) is 4.39 Å². The molecule has 1 saturated heterocycles. The van der Waals surface area contributed by atoms with Crippen molar-refractivity contribution in [3.8, 4) is 28.7 Å². The van der Waals surface area contributed by atoms with Crippen molar-refractivity contribution in [1.29, 1.82) is 0 Å². The van der Waals surface area contributed by atoms with E-state index >= 15 is 0 Å². The molecular weight excluding hydrogens is 533 g/mol. The predicted octanol–water partition coefficient (Wildman–Crippen LogP) is 5.15. The lowest BCUT2D eigenvalue weighted by Crippen LogP contribution is -2.29. The number of rotatable bonds is 8. The van der Waals surface area contributed by atoms with Gasteiger partial charge in [0.05, 0.1) is 57.8 Å². The molecule has 1 aliphatic heterocycles. The molecule has 4 rings (SSSR count). The Morgan fingerprint density at radius 2 is 1.46 bits per heavy atom. The summed E-state index contributed by atoms with van der Waals surface area (Å²) in [5.41, 5.74) is 0.166. The third-order valence-electron chi connectivity index (χ3n) is 6.26.